The molecule has 2 aromatic carbocycles. The summed E-state index contributed by atoms with van der Waals surface area (Å²) in [6, 6.07) is 17.2. The third-order valence-corrected chi connectivity index (χ3v) is 5.41. The maximum Gasteiger partial charge on any atom is 0.281 e. The Hall–Kier alpha value is -3.52. The molecule has 0 saturated carbocycles. The highest BCUT2D eigenvalue weighted by Gasteiger charge is 2.19. The van der Waals surface area contributed by atoms with Crippen molar-refractivity contribution >= 4 is 28.5 Å². The van der Waals surface area contributed by atoms with E-state index in [1.54, 1.807) is 0 Å². The fourth-order valence-electron chi connectivity index (χ4n) is 3.10. The monoisotopic (exact) mass is 420 g/mol. The second kappa shape index (κ2) is 8.87. The lowest BCUT2D eigenvalue weighted by atomic mass is 10.2. The summed E-state index contributed by atoms with van der Waals surface area (Å²) >= 11 is 0.981. The molecule has 0 radical (unpaired) electrons. The molecular weight excluding hydrogens is 400 g/mol. The van der Waals surface area contributed by atoms with Crippen LogP contribution in [0.5, 0.6) is 5.75 Å². The van der Waals surface area contributed by atoms with Crippen LogP contribution in [0.1, 0.15) is 27.7 Å². The number of aromatic nitrogens is 3. The van der Waals surface area contributed by atoms with E-state index in [2.05, 4.69) is 14.7 Å². The highest BCUT2D eigenvalue weighted by atomic mass is 32.1. The summed E-state index contributed by atoms with van der Waals surface area (Å²) in [5, 5.41) is 2.87. The number of hydrogen-bond donors (Lipinski definition) is 1. The van der Waals surface area contributed by atoms with Gasteiger partial charge in [-0.2, -0.15) is 4.37 Å². The Kier molecular flexibility index (Phi) is 5.85. The molecule has 4 rings (SSSR count). The SMILES string of the molecule is CCOc1ccccc1CNC(=O)c1snc2c(=O)n(Cc3ccccc3)cnc12. The zero-order chi connectivity index (χ0) is 20.9. The van der Waals surface area contributed by atoms with E-state index >= 15 is 0 Å². The van der Waals surface area contributed by atoms with Crippen molar-refractivity contribution < 1.29 is 9.53 Å². The summed E-state index contributed by atoms with van der Waals surface area (Å²) in [7, 11) is 0. The number of amides is 1. The first-order chi connectivity index (χ1) is 14.7. The molecule has 1 N–H and O–H groups in total. The molecule has 152 valence electrons. The number of hydrogen-bond acceptors (Lipinski definition) is 6. The van der Waals surface area contributed by atoms with E-state index in [-0.39, 0.29) is 17.0 Å². The first-order valence-corrected chi connectivity index (χ1v) is 10.3. The molecule has 4 aromatic rings. The predicted molar refractivity (Wildman–Crippen MR) is 116 cm³/mol. The van der Waals surface area contributed by atoms with Gasteiger partial charge in [-0.05, 0) is 30.1 Å². The summed E-state index contributed by atoms with van der Waals surface area (Å²) < 4.78 is 11.3. The van der Waals surface area contributed by atoms with Crippen molar-refractivity contribution in [3.8, 4) is 5.75 Å². The minimum absolute atomic E-state index is 0.207. The molecule has 2 aromatic heterocycles. The fraction of sp³-hybridized carbons (Fsp3) is 0.182. The highest BCUT2D eigenvalue weighted by Crippen LogP contribution is 2.20. The fourth-order valence-corrected chi connectivity index (χ4v) is 3.84. The Morgan fingerprint density at radius 2 is 1.87 bits per heavy atom. The summed E-state index contributed by atoms with van der Waals surface area (Å²) in [5.41, 5.74) is 2.13. The Bertz CT molecular complexity index is 1230. The molecule has 8 heteroatoms. The lowest BCUT2D eigenvalue weighted by molar-refractivity contribution is 0.0956. The Morgan fingerprint density at radius 3 is 2.67 bits per heavy atom. The van der Waals surface area contributed by atoms with Crippen LogP contribution in [0.2, 0.25) is 0 Å². The van der Waals surface area contributed by atoms with E-state index < -0.39 is 0 Å². The van der Waals surface area contributed by atoms with Gasteiger partial charge in [-0.25, -0.2) is 4.98 Å². The average Bonchev–Trinajstić information content (AvgIpc) is 3.21. The number of para-hydroxylation sites is 1. The average molecular weight is 420 g/mol. The van der Waals surface area contributed by atoms with Crippen molar-refractivity contribution in [2.45, 2.75) is 20.0 Å². The number of ether oxygens (including phenoxy) is 1. The van der Waals surface area contributed by atoms with Gasteiger partial charge in [0.25, 0.3) is 11.5 Å². The number of nitrogens with one attached hydrogen (secondary N) is 1. The lowest BCUT2D eigenvalue weighted by Gasteiger charge is -2.10. The van der Waals surface area contributed by atoms with Crippen LogP contribution in [0.25, 0.3) is 11.0 Å². The Balaban J connectivity index is 1.54. The number of carbonyl (C=O) groups excluding carboxylic acids is 1. The Morgan fingerprint density at radius 1 is 1.10 bits per heavy atom. The van der Waals surface area contributed by atoms with Gasteiger partial charge in [0.2, 0.25) is 0 Å². The number of benzene rings is 2. The second-order valence-electron chi connectivity index (χ2n) is 6.60. The van der Waals surface area contributed by atoms with E-state index in [0.29, 0.717) is 30.1 Å². The van der Waals surface area contributed by atoms with Gasteiger partial charge in [-0.1, -0.05) is 48.5 Å². The van der Waals surface area contributed by atoms with E-state index in [9.17, 15) is 9.59 Å². The van der Waals surface area contributed by atoms with E-state index in [1.165, 1.54) is 10.9 Å². The van der Waals surface area contributed by atoms with Crippen molar-refractivity contribution in [3.63, 3.8) is 0 Å². The minimum atomic E-state index is -0.318. The van der Waals surface area contributed by atoms with Crippen molar-refractivity contribution in [1.82, 2.24) is 19.2 Å². The van der Waals surface area contributed by atoms with Crippen LogP contribution in [0, 0.1) is 0 Å². The number of rotatable bonds is 7. The molecule has 0 fully saturated rings. The molecule has 0 atom stereocenters. The van der Waals surface area contributed by atoms with Gasteiger partial charge < -0.3 is 10.1 Å². The summed E-state index contributed by atoms with van der Waals surface area (Å²) in [6.07, 6.45) is 1.47. The van der Waals surface area contributed by atoms with Crippen molar-refractivity contribution in [2.75, 3.05) is 6.61 Å². The smallest absolute Gasteiger partial charge is 0.281 e. The topological polar surface area (TPSA) is 86.1 Å². The highest BCUT2D eigenvalue weighted by molar-refractivity contribution is 7.09. The first-order valence-electron chi connectivity index (χ1n) is 9.55. The second-order valence-corrected chi connectivity index (χ2v) is 7.37. The number of fused-ring (bicyclic) bond motifs is 1. The van der Waals surface area contributed by atoms with Crippen LogP contribution in [-0.2, 0) is 13.1 Å². The van der Waals surface area contributed by atoms with Gasteiger partial charge in [0.05, 0.1) is 19.5 Å². The number of carbonyl (C=O) groups is 1. The summed E-state index contributed by atoms with van der Waals surface area (Å²) in [6.45, 7) is 3.16. The molecule has 1 amide bonds. The van der Waals surface area contributed by atoms with Gasteiger partial charge >= 0.3 is 0 Å². The van der Waals surface area contributed by atoms with Gasteiger partial charge in [-0.15, -0.1) is 0 Å². The Labute approximate surface area is 177 Å². The molecule has 30 heavy (non-hydrogen) atoms. The zero-order valence-corrected chi connectivity index (χ0v) is 17.2. The van der Waals surface area contributed by atoms with E-state index in [1.807, 2.05) is 61.5 Å². The van der Waals surface area contributed by atoms with Crippen LogP contribution in [0.3, 0.4) is 0 Å². The van der Waals surface area contributed by atoms with E-state index in [4.69, 9.17) is 4.74 Å². The quantitative estimate of drug-likeness (QED) is 0.496. The third kappa shape index (κ3) is 4.08. The van der Waals surface area contributed by atoms with Crippen LogP contribution < -0.4 is 15.6 Å². The minimum Gasteiger partial charge on any atom is -0.494 e. The summed E-state index contributed by atoms with van der Waals surface area (Å²) in [5.74, 6) is 0.415. The summed E-state index contributed by atoms with van der Waals surface area (Å²) in [4.78, 5) is 30.2. The van der Waals surface area contributed by atoms with Gasteiger partial charge in [-0.3, -0.25) is 14.2 Å². The zero-order valence-electron chi connectivity index (χ0n) is 16.4. The molecule has 0 aliphatic carbocycles. The molecule has 0 aliphatic rings. The molecule has 0 bridgehead atoms. The van der Waals surface area contributed by atoms with Crippen molar-refractivity contribution in [1.29, 1.82) is 0 Å². The van der Waals surface area contributed by atoms with Crippen LogP contribution in [-0.4, -0.2) is 26.4 Å². The molecule has 0 aliphatic heterocycles. The van der Waals surface area contributed by atoms with Gasteiger partial charge in [0.1, 0.15) is 16.1 Å². The van der Waals surface area contributed by atoms with Crippen LogP contribution in [0.4, 0.5) is 0 Å². The van der Waals surface area contributed by atoms with Gasteiger partial charge in [0, 0.05) is 12.1 Å². The maximum absolute atomic E-state index is 12.8. The van der Waals surface area contributed by atoms with Gasteiger partial charge in [0.15, 0.2) is 5.52 Å². The lowest BCUT2D eigenvalue weighted by Crippen LogP contribution is -2.24. The van der Waals surface area contributed by atoms with E-state index in [0.717, 1.165) is 28.4 Å². The predicted octanol–water partition coefficient (Wildman–Crippen LogP) is 3.23. The normalized spacial score (nSPS) is 10.8. The first kappa shape index (κ1) is 19.8. The van der Waals surface area contributed by atoms with Crippen molar-refractivity contribution in [2.24, 2.45) is 0 Å². The van der Waals surface area contributed by atoms with Crippen LogP contribution >= 0.6 is 11.5 Å². The van der Waals surface area contributed by atoms with Crippen LogP contribution in [0.15, 0.2) is 65.7 Å². The standard InChI is InChI=1S/C22H20N4O3S/c1-2-29-17-11-7-6-10-16(17)12-23-21(27)20-18-19(25-30-20)22(28)26(14-24-18)13-15-8-4-3-5-9-15/h3-11,14H,2,12-13H2,1H3,(H,23,27). The molecule has 2 heterocycles. The largest absolute Gasteiger partial charge is 0.494 e. The number of nitrogens with zero attached hydrogens (tertiary/aromatic N) is 3. The van der Waals surface area contributed by atoms with Crippen molar-refractivity contribution in [3.05, 3.63) is 87.3 Å². The third-order valence-electron chi connectivity index (χ3n) is 4.57. The molecule has 7 nitrogen and oxygen atoms in total. The molecule has 0 unspecified atom stereocenters. The molecule has 0 spiro atoms. The maximum atomic E-state index is 12.8. The molecule has 0 saturated heterocycles. The molecular formula is C22H20N4O3S.